The molecule has 0 radical (unpaired) electrons. The number of carbonyl (C=O) groups is 1. The number of rotatable bonds is 6. The van der Waals surface area contributed by atoms with Gasteiger partial charge in [-0.2, -0.15) is 0 Å². The summed E-state index contributed by atoms with van der Waals surface area (Å²) in [7, 11) is 0. The van der Waals surface area contributed by atoms with E-state index < -0.39 is 0 Å². The van der Waals surface area contributed by atoms with E-state index >= 15 is 0 Å². The van der Waals surface area contributed by atoms with Crippen LogP contribution in [0.25, 0.3) is 10.2 Å². The number of nitrogens with zero attached hydrogens (tertiary/aromatic N) is 4. The van der Waals surface area contributed by atoms with Crippen LogP contribution in [0.1, 0.15) is 37.6 Å². The van der Waals surface area contributed by atoms with Gasteiger partial charge in [-0.05, 0) is 44.2 Å². The summed E-state index contributed by atoms with van der Waals surface area (Å²) >= 11 is 3.06. The SMILES string of the molecule is C=CCn1c(SC(C)C(=O)N2CCN(CC)CC2)nc2sc3c(c2c1=O)CCC(C)C3. The molecule has 2 atom stereocenters. The van der Waals surface area contributed by atoms with Gasteiger partial charge in [-0.25, -0.2) is 4.98 Å². The monoisotopic (exact) mass is 460 g/mol. The Kier molecular flexibility index (Phi) is 6.89. The van der Waals surface area contributed by atoms with E-state index in [-0.39, 0.29) is 16.7 Å². The van der Waals surface area contributed by atoms with Gasteiger partial charge in [-0.3, -0.25) is 14.2 Å². The van der Waals surface area contributed by atoms with Crippen molar-refractivity contribution in [3.8, 4) is 0 Å². The Morgan fingerprint density at radius 3 is 2.77 bits per heavy atom. The fourth-order valence-electron chi connectivity index (χ4n) is 4.53. The van der Waals surface area contributed by atoms with Crippen molar-refractivity contribution in [1.29, 1.82) is 0 Å². The van der Waals surface area contributed by atoms with Gasteiger partial charge >= 0.3 is 0 Å². The minimum absolute atomic E-state index is 0.00987. The van der Waals surface area contributed by atoms with Crippen LogP contribution in [0.5, 0.6) is 0 Å². The summed E-state index contributed by atoms with van der Waals surface area (Å²) in [5, 5.41) is 1.12. The van der Waals surface area contributed by atoms with Crippen molar-refractivity contribution < 1.29 is 4.79 Å². The van der Waals surface area contributed by atoms with Crippen LogP contribution in [0, 0.1) is 5.92 Å². The molecule has 168 valence electrons. The van der Waals surface area contributed by atoms with Crippen molar-refractivity contribution >= 4 is 39.2 Å². The van der Waals surface area contributed by atoms with Crippen LogP contribution in [0.4, 0.5) is 0 Å². The predicted octanol–water partition coefficient (Wildman–Crippen LogP) is 3.41. The molecule has 8 heteroatoms. The van der Waals surface area contributed by atoms with Crippen molar-refractivity contribution in [3.63, 3.8) is 0 Å². The molecule has 0 bridgehead atoms. The maximum atomic E-state index is 13.4. The Balaban J connectivity index is 1.62. The molecule has 6 nitrogen and oxygen atoms in total. The molecule has 31 heavy (non-hydrogen) atoms. The number of allylic oxidation sites excluding steroid dienone is 1. The number of hydrogen-bond donors (Lipinski definition) is 0. The largest absolute Gasteiger partial charge is 0.339 e. The van der Waals surface area contributed by atoms with Crippen molar-refractivity contribution in [3.05, 3.63) is 33.4 Å². The van der Waals surface area contributed by atoms with E-state index in [1.54, 1.807) is 22.0 Å². The van der Waals surface area contributed by atoms with Gasteiger partial charge in [0.2, 0.25) is 5.91 Å². The van der Waals surface area contributed by atoms with Gasteiger partial charge in [-0.15, -0.1) is 17.9 Å². The summed E-state index contributed by atoms with van der Waals surface area (Å²) in [6.45, 7) is 15.0. The third-order valence-corrected chi connectivity index (χ3v) is 8.68. The average molecular weight is 461 g/mol. The summed E-state index contributed by atoms with van der Waals surface area (Å²) in [6.07, 6.45) is 4.83. The summed E-state index contributed by atoms with van der Waals surface area (Å²) in [4.78, 5) is 37.8. The van der Waals surface area contributed by atoms with Gasteiger partial charge in [0.15, 0.2) is 5.16 Å². The first kappa shape index (κ1) is 22.6. The zero-order valence-corrected chi connectivity index (χ0v) is 20.4. The Morgan fingerprint density at radius 2 is 2.10 bits per heavy atom. The molecular formula is C23H32N4O2S2. The summed E-state index contributed by atoms with van der Waals surface area (Å²) in [5.41, 5.74) is 1.21. The summed E-state index contributed by atoms with van der Waals surface area (Å²) in [6, 6.07) is 0. The van der Waals surface area contributed by atoms with Crippen LogP contribution >= 0.6 is 23.1 Å². The highest BCUT2D eigenvalue weighted by molar-refractivity contribution is 8.00. The third kappa shape index (κ3) is 4.47. The number of thioether (sulfide) groups is 1. The topological polar surface area (TPSA) is 58.4 Å². The van der Waals surface area contributed by atoms with Gasteiger partial charge in [0.05, 0.1) is 10.6 Å². The molecule has 1 aliphatic carbocycles. The van der Waals surface area contributed by atoms with Gasteiger partial charge < -0.3 is 9.80 Å². The molecule has 2 aliphatic rings. The van der Waals surface area contributed by atoms with Crippen LogP contribution < -0.4 is 5.56 Å². The Hall–Kier alpha value is -1.64. The number of hydrogen-bond acceptors (Lipinski definition) is 6. The maximum absolute atomic E-state index is 13.4. The first-order valence-corrected chi connectivity index (χ1v) is 13.0. The van der Waals surface area contributed by atoms with E-state index in [0.717, 1.165) is 62.2 Å². The number of amides is 1. The molecule has 0 saturated carbocycles. The molecule has 1 saturated heterocycles. The van der Waals surface area contributed by atoms with Crippen LogP contribution in [-0.4, -0.2) is 63.2 Å². The summed E-state index contributed by atoms with van der Waals surface area (Å²) in [5.74, 6) is 0.773. The minimum atomic E-state index is -0.289. The molecule has 1 aliphatic heterocycles. The van der Waals surface area contributed by atoms with Gasteiger partial charge in [0, 0.05) is 37.6 Å². The highest BCUT2D eigenvalue weighted by atomic mass is 32.2. The van der Waals surface area contributed by atoms with Gasteiger partial charge in [0.1, 0.15) is 4.83 Å². The second-order valence-corrected chi connectivity index (χ2v) is 11.0. The van der Waals surface area contributed by atoms with Crippen molar-refractivity contribution in [2.75, 3.05) is 32.7 Å². The Bertz CT molecular complexity index is 1040. The molecule has 1 fully saturated rings. The molecule has 4 rings (SSSR count). The van der Waals surface area contributed by atoms with Crippen LogP contribution in [0.15, 0.2) is 22.6 Å². The number of piperazine rings is 1. The lowest BCUT2D eigenvalue weighted by Gasteiger charge is -2.35. The molecule has 1 amide bonds. The van der Waals surface area contributed by atoms with Crippen LogP contribution in [0.2, 0.25) is 0 Å². The van der Waals surface area contributed by atoms with E-state index in [9.17, 15) is 9.59 Å². The van der Waals surface area contributed by atoms with Crippen molar-refractivity contribution in [2.24, 2.45) is 5.92 Å². The number of aryl methyl sites for hydroxylation is 1. The molecule has 2 unspecified atom stereocenters. The van der Waals surface area contributed by atoms with Gasteiger partial charge in [0.25, 0.3) is 5.56 Å². The van der Waals surface area contributed by atoms with E-state index in [0.29, 0.717) is 17.6 Å². The second-order valence-electron chi connectivity index (χ2n) is 8.65. The molecule has 3 heterocycles. The fourth-order valence-corrected chi connectivity index (χ4v) is 6.96. The predicted molar refractivity (Wildman–Crippen MR) is 129 cm³/mol. The maximum Gasteiger partial charge on any atom is 0.263 e. The molecule has 2 aromatic rings. The molecular weight excluding hydrogens is 428 g/mol. The van der Waals surface area contributed by atoms with Crippen molar-refractivity contribution in [1.82, 2.24) is 19.4 Å². The fraction of sp³-hybridized carbons (Fsp3) is 0.609. The van der Waals surface area contributed by atoms with Crippen molar-refractivity contribution in [2.45, 2.75) is 57.0 Å². The third-order valence-electron chi connectivity index (χ3n) is 6.45. The highest BCUT2D eigenvalue weighted by Crippen LogP contribution is 2.37. The normalized spacial score (nSPS) is 20.6. The number of thiophene rings is 1. The van der Waals surface area contributed by atoms with Crippen LogP contribution in [0.3, 0.4) is 0 Å². The lowest BCUT2D eigenvalue weighted by Crippen LogP contribution is -2.50. The highest BCUT2D eigenvalue weighted by Gasteiger charge is 2.28. The number of likely N-dealkylation sites (N-methyl/N-ethyl adjacent to an activating group) is 1. The Labute approximate surface area is 192 Å². The zero-order valence-electron chi connectivity index (χ0n) is 18.7. The molecule has 0 spiro atoms. The van der Waals surface area contributed by atoms with E-state index in [1.807, 2.05) is 11.8 Å². The number of carbonyl (C=O) groups excluding carboxylic acids is 1. The number of fused-ring (bicyclic) bond motifs is 3. The smallest absolute Gasteiger partial charge is 0.263 e. The van der Waals surface area contributed by atoms with Crippen LogP contribution in [-0.2, 0) is 24.2 Å². The van der Waals surface area contributed by atoms with Gasteiger partial charge in [-0.1, -0.05) is 31.7 Å². The molecule has 0 N–H and O–H groups in total. The van der Waals surface area contributed by atoms with E-state index in [4.69, 9.17) is 4.98 Å². The zero-order chi connectivity index (χ0) is 22.1. The van der Waals surface area contributed by atoms with E-state index in [1.165, 1.54) is 22.2 Å². The Morgan fingerprint density at radius 1 is 1.35 bits per heavy atom. The standard InChI is InChI=1S/C23H32N4O2S2/c1-5-9-27-22(29)19-17-8-7-15(3)14-18(17)31-20(19)24-23(27)30-16(4)21(28)26-12-10-25(6-2)11-13-26/h5,15-16H,1,6-14H2,2-4H3. The molecule has 2 aromatic heterocycles. The quantitative estimate of drug-likeness (QED) is 0.376. The first-order chi connectivity index (χ1) is 14.9. The van der Waals surface area contributed by atoms with E-state index in [2.05, 4.69) is 25.3 Å². The minimum Gasteiger partial charge on any atom is -0.339 e. The first-order valence-electron chi connectivity index (χ1n) is 11.3. The molecule has 0 aromatic carbocycles. The lowest BCUT2D eigenvalue weighted by atomic mass is 9.89. The second kappa shape index (κ2) is 9.46. The lowest BCUT2D eigenvalue weighted by molar-refractivity contribution is -0.132. The summed E-state index contributed by atoms with van der Waals surface area (Å²) < 4.78 is 1.70. The average Bonchev–Trinajstić information content (AvgIpc) is 3.13. The number of aromatic nitrogens is 2.